The van der Waals surface area contributed by atoms with Crippen LogP contribution in [0.4, 0.5) is 5.69 Å². The van der Waals surface area contributed by atoms with Crippen molar-refractivity contribution < 1.29 is 4.79 Å². The Morgan fingerprint density at radius 2 is 2.16 bits per heavy atom. The Morgan fingerprint density at radius 3 is 3.00 bits per heavy atom. The quantitative estimate of drug-likeness (QED) is 0.840. The van der Waals surface area contributed by atoms with Gasteiger partial charge < -0.3 is 10.2 Å². The molecule has 0 aromatic heterocycles. The van der Waals surface area contributed by atoms with Gasteiger partial charge in [-0.15, -0.1) is 0 Å². The second-order valence-corrected chi connectivity index (χ2v) is 6.04. The standard InChI is InChI=1S/C16H22N2O/c1-11-3-4-12(2)18(10-11)16(19)14-6-5-13-7-8-17-15(13)9-14/h5-6,9,11-12,17H,3-4,7-8,10H2,1-2H3. The predicted octanol–water partition coefficient (Wildman–Crippen LogP) is 2.92. The molecule has 3 heteroatoms. The Balaban J connectivity index is 1.83. The van der Waals surface area contributed by atoms with Gasteiger partial charge in [0, 0.05) is 30.4 Å². The van der Waals surface area contributed by atoms with E-state index in [-0.39, 0.29) is 5.91 Å². The van der Waals surface area contributed by atoms with Crippen LogP contribution < -0.4 is 5.32 Å². The number of carbonyl (C=O) groups excluding carboxylic acids is 1. The maximum atomic E-state index is 12.7. The van der Waals surface area contributed by atoms with Gasteiger partial charge in [-0.05, 0) is 49.8 Å². The molecular weight excluding hydrogens is 236 g/mol. The Kier molecular flexibility index (Phi) is 3.21. The number of nitrogens with zero attached hydrogens (tertiary/aromatic N) is 1. The van der Waals surface area contributed by atoms with Crippen molar-refractivity contribution in [3.63, 3.8) is 0 Å². The summed E-state index contributed by atoms with van der Waals surface area (Å²) in [7, 11) is 0. The lowest BCUT2D eigenvalue weighted by Crippen LogP contribution is -2.44. The molecule has 2 heterocycles. The number of nitrogens with one attached hydrogen (secondary N) is 1. The summed E-state index contributed by atoms with van der Waals surface area (Å²) in [5.74, 6) is 0.809. The van der Waals surface area contributed by atoms with Gasteiger partial charge in [-0.25, -0.2) is 0 Å². The van der Waals surface area contributed by atoms with E-state index in [4.69, 9.17) is 0 Å². The summed E-state index contributed by atoms with van der Waals surface area (Å²) in [6.07, 6.45) is 3.42. The summed E-state index contributed by atoms with van der Waals surface area (Å²) in [5.41, 5.74) is 3.30. The topological polar surface area (TPSA) is 32.3 Å². The van der Waals surface area contributed by atoms with Crippen LogP contribution >= 0.6 is 0 Å². The third-order valence-electron chi connectivity index (χ3n) is 4.45. The number of hydrogen-bond donors (Lipinski definition) is 1. The highest BCUT2D eigenvalue weighted by molar-refractivity contribution is 5.95. The highest BCUT2D eigenvalue weighted by atomic mass is 16.2. The molecule has 0 bridgehead atoms. The van der Waals surface area contributed by atoms with E-state index < -0.39 is 0 Å². The largest absolute Gasteiger partial charge is 0.384 e. The first kappa shape index (κ1) is 12.5. The Bertz CT molecular complexity index is 498. The zero-order valence-corrected chi connectivity index (χ0v) is 11.8. The lowest BCUT2D eigenvalue weighted by Gasteiger charge is -2.37. The minimum atomic E-state index is 0.190. The molecule has 1 aromatic carbocycles. The van der Waals surface area contributed by atoms with Crippen LogP contribution in [0.3, 0.4) is 0 Å². The van der Waals surface area contributed by atoms with Gasteiger partial charge in [0.1, 0.15) is 0 Å². The molecule has 1 saturated heterocycles. The van der Waals surface area contributed by atoms with Gasteiger partial charge >= 0.3 is 0 Å². The van der Waals surface area contributed by atoms with Gasteiger partial charge in [-0.2, -0.15) is 0 Å². The van der Waals surface area contributed by atoms with Crippen molar-refractivity contribution in [2.45, 2.75) is 39.2 Å². The third kappa shape index (κ3) is 2.34. The fraction of sp³-hybridized carbons (Fsp3) is 0.562. The zero-order chi connectivity index (χ0) is 13.4. The van der Waals surface area contributed by atoms with Gasteiger partial charge in [0.2, 0.25) is 0 Å². The van der Waals surface area contributed by atoms with Crippen molar-refractivity contribution in [2.24, 2.45) is 5.92 Å². The molecule has 0 radical (unpaired) electrons. The molecule has 0 saturated carbocycles. The van der Waals surface area contributed by atoms with Crippen molar-refractivity contribution >= 4 is 11.6 Å². The Labute approximate surface area is 115 Å². The summed E-state index contributed by atoms with van der Waals surface area (Å²) in [6.45, 7) is 6.28. The molecule has 102 valence electrons. The van der Waals surface area contributed by atoms with Gasteiger partial charge in [0.15, 0.2) is 0 Å². The molecule has 2 aliphatic heterocycles. The molecule has 1 amide bonds. The fourth-order valence-electron chi connectivity index (χ4n) is 3.16. The lowest BCUT2D eigenvalue weighted by molar-refractivity contribution is 0.0574. The van der Waals surface area contributed by atoms with Crippen molar-refractivity contribution in [3.05, 3.63) is 29.3 Å². The van der Waals surface area contributed by atoms with E-state index in [9.17, 15) is 4.79 Å². The number of anilines is 1. The summed E-state index contributed by atoms with van der Waals surface area (Å²) in [5, 5.41) is 3.35. The number of hydrogen-bond acceptors (Lipinski definition) is 2. The van der Waals surface area contributed by atoms with Crippen molar-refractivity contribution in [2.75, 3.05) is 18.4 Å². The fourth-order valence-corrected chi connectivity index (χ4v) is 3.16. The molecular formula is C16H22N2O. The number of benzene rings is 1. The highest BCUT2D eigenvalue weighted by Gasteiger charge is 2.28. The minimum absolute atomic E-state index is 0.190. The van der Waals surface area contributed by atoms with Gasteiger partial charge in [-0.1, -0.05) is 13.0 Å². The second-order valence-electron chi connectivity index (χ2n) is 6.04. The highest BCUT2D eigenvalue weighted by Crippen LogP contribution is 2.27. The maximum Gasteiger partial charge on any atom is 0.254 e. The average Bonchev–Trinajstić information content (AvgIpc) is 2.88. The molecule has 0 aliphatic carbocycles. The van der Waals surface area contributed by atoms with Crippen LogP contribution in [0.25, 0.3) is 0 Å². The van der Waals surface area contributed by atoms with E-state index in [2.05, 4.69) is 25.2 Å². The monoisotopic (exact) mass is 258 g/mol. The van der Waals surface area contributed by atoms with E-state index in [0.717, 1.165) is 37.2 Å². The summed E-state index contributed by atoms with van der Waals surface area (Å²) >= 11 is 0. The molecule has 3 rings (SSSR count). The van der Waals surface area contributed by atoms with Crippen molar-refractivity contribution in [1.82, 2.24) is 4.90 Å². The molecule has 1 N–H and O–H groups in total. The Morgan fingerprint density at radius 1 is 1.32 bits per heavy atom. The van der Waals surface area contributed by atoms with Crippen molar-refractivity contribution in [1.29, 1.82) is 0 Å². The van der Waals surface area contributed by atoms with Gasteiger partial charge in [-0.3, -0.25) is 4.79 Å². The molecule has 0 spiro atoms. The SMILES string of the molecule is CC1CCC(C)N(C(=O)c2ccc3c(c2)NCC3)C1. The third-order valence-corrected chi connectivity index (χ3v) is 4.45. The molecule has 2 atom stereocenters. The lowest BCUT2D eigenvalue weighted by atomic mass is 9.94. The number of amides is 1. The molecule has 3 nitrogen and oxygen atoms in total. The number of likely N-dealkylation sites (tertiary alicyclic amines) is 1. The smallest absolute Gasteiger partial charge is 0.254 e. The van der Waals surface area contributed by atoms with E-state index in [1.54, 1.807) is 0 Å². The second kappa shape index (κ2) is 4.87. The van der Waals surface area contributed by atoms with E-state index in [0.29, 0.717) is 12.0 Å². The average molecular weight is 258 g/mol. The molecule has 2 aliphatic rings. The van der Waals surface area contributed by atoms with E-state index >= 15 is 0 Å². The summed E-state index contributed by atoms with van der Waals surface area (Å²) < 4.78 is 0. The zero-order valence-electron chi connectivity index (χ0n) is 11.8. The first-order chi connectivity index (χ1) is 9.15. The maximum absolute atomic E-state index is 12.7. The Hall–Kier alpha value is -1.51. The summed E-state index contributed by atoms with van der Waals surface area (Å²) in [6, 6.07) is 6.47. The number of rotatable bonds is 1. The van der Waals surface area contributed by atoms with Gasteiger partial charge in [0.05, 0.1) is 0 Å². The van der Waals surface area contributed by atoms with Crippen molar-refractivity contribution in [3.8, 4) is 0 Å². The van der Waals surface area contributed by atoms with Crippen LogP contribution in [0.5, 0.6) is 0 Å². The van der Waals surface area contributed by atoms with Crippen LogP contribution in [0.2, 0.25) is 0 Å². The number of carbonyl (C=O) groups is 1. The van der Waals surface area contributed by atoms with Crippen LogP contribution in [-0.2, 0) is 6.42 Å². The number of piperidine rings is 1. The van der Waals surface area contributed by atoms with Gasteiger partial charge in [0.25, 0.3) is 5.91 Å². The van der Waals surface area contributed by atoms with Crippen LogP contribution in [-0.4, -0.2) is 29.9 Å². The first-order valence-corrected chi connectivity index (χ1v) is 7.33. The van der Waals surface area contributed by atoms with Crippen LogP contribution in [0.1, 0.15) is 42.6 Å². The summed E-state index contributed by atoms with van der Waals surface area (Å²) in [4.78, 5) is 14.7. The van der Waals surface area contributed by atoms with Crippen LogP contribution in [0, 0.1) is 5.92 Å². The van der Waals surface area contributed by atoms with E-state index in [1.807, 2.05) is 17.0 Å². The molecule has 2 unspecified atom stereocenters. The first-order valence-electron chi connectivity index (χ1n) is 7.33. The molecule has 1 aromatic rings. The van der Waals surface area contributed by atoms with Crippen LogP contribution in [0.15, 0.2) is 18.2 Å². The minimum Gasteiger partial charge on any atom is -0.384 e. The number of fused-ring (bicyclic) bond motifs is 1. The molecule has 1 fully saturated rings. The predicted molar refractivity (Wildman–Crippen MR) is 77.5 cm³/mol. The van der Waals surface area contributed by atoms with E-state index in [1.165, 1.54) is 12.0 Å². The normalized spacial score (nSPS) is 25.9. The molecule has 19 heavy (non-hydrogen) atoms.